The molecule has 0 saturated carbocycles. The van der Waals surface area contributed by atoms with Crippen molar-refractivity contribution in [3.8, 4) is 5.69 Å². The minimum absolute atomic E-state index is 0.0924. The molecule has 2 aromatic carbocycles. The van der Waals surface area contributed by atoms with Gasteiger partial charge < -0.3 is 4.57 Å². The van der Waals surface area contributed by atoms with Gasteiger partial charge in [0.25, 0.3) is 5.56 Å². The van der Waals surface area contributed by atoms with Crippen LogP contribution in [0.25, 0.3) is 27.8 Å². The molecule has 148 valence electrons. The van der Waals surface area contributed by atoms with Crippen LogP contribution in [0, 0.1) is 13.8 Å². The van der Waals surface area contributed by atoms with Gasteiger partial charge >= 0.3 is 0 Å². The Labute approximate surface area is 176 Å². The van der Waals surface area contributed by atoms with Crippen molar-refractivity contribution in [3.05, 3.63) is 76.6 Å². The molecule has 0 spiro atoms. The second-order valence-electron chi connectivity index (χ2n) is 7.10. The standard InChI is InChI=1S/C22H18N6OS/c1-13-7-4-5-10-16(13)28-21(29)17-14(2)8-6-9-15(17)26-22(28)30-20-18-19(23-11-24-20)25-12-27(18)3/h4-12H,1-3H3. The van der Waals surface area contributed by atoms with Gasteiger partial charge in [-0.15, -0.1) is 0 Å². The Kier molecular flexibility index (Phi) is 4.36. The molecular weight excluding hydrogens is 396 g/mol. The summed E-state index contributed by atoms with van der Waals surface area (Å²) in [5.41, 5.74) is 4.68. The highest BCUT2D eigenvalue weighted by Gasteiger charge is 2.19. The molecule has 0 unspecified atom stereocenters. The number of para-hydroxylation sites is 1. The van der Waals surface area contributed by atoms with Gasteiger partial charge in [0.15, 0.2) is 10.8 Å². The molecule has 0 bridgehead atoms. The first-order chi connectivity index (χ1) is 14.5. The number of hydrogen-bond donors (Lipinski definition) is 0. The van der Waals surface area contributed by atoms with Gasteiger partial charge in [0.05, 0.1) is 22.9 Å². The van der Waals surface area contributed by atoms with E-state index in [0.29, 0.717) is 26.7 Å². The Morgan fingerprint density at radius 1 is 0.933 bits per heavy atom. The van der Waals surface area contributed by atoms with Crippen molar-refractivity contribution in [2.75, 3.05) is 0 Å². The van der Waals surface area contributed by atoms with E-state index in [1.807, 2.05) is 67.9 Å². The van der Waals surface area contributed by atoms with Crippen LogP contribution in [-0.4, -0.2) is 29.1 Å². The fourth-order valence-corrected chi connectivity index (χ4v) is 4.61. The monoisotopic (exact) mass is 414 g/mol. The molecule has 8 heteroatoms. The summed E-state index contributed by atoms with van der Waals surface area (Å²) in [5.74, 6) is 0. The lowest BCUT2D eigenvalue weighted by molar-refractivity contribution is 0.811. The Morgan fingerprint density at radius 2 is 1.73 bits per heavy atom. The van der Waals surface area contributed by atoms with Crippen LogP contribution < -0.4 is 5.56 Å². The fraction of sp³-hybridized carbons (Fsp3) is 0.136. The first kappa shape index (κ1) is 18.5. The van der Waals surface area contributed by atoms with Crippen molar-refractivity contribution < 1.29 is 0 Å². The summed E-state index contributed by atoms with van der Waals surface area (Å²) in [4.78, 5) is 31.5. The molecule has 3 aromatic heterocycles. The predicted molar refractivity (Wildman–Crippen MR) is 117 cm³/mol. The molecule has 30 heavy (non-hydrogen) atoms. The molecule has 0 radical (unpaired) electrons. The minimum atomic E-state index is -0.0924. The molecule has 0 saturated heterocycles. The molecule has 0 amide bonds. The Balaban J connectivity index is 1.83. The molecule has 0 fully saturated rings. The van der Waals surface area contributed by atoms with Crippen LogP contribution in [0.4, 0.5) is 0 Å². The summed E-state index contributed by atoms with van der Waals surface area (Å²) in [7, 11) is 1.90. The fourth-order valence-electron chi connectivity index (χ4n) is 3.59. The van der Waals surface area contributed by atoms with Crippen LogP contribution in [-0.2, 0) is 7.05 Å². The van der Waals surface area contributed by atoms with E-state index in [4.69, 9.17) is 4.98 Å². The molecule has 0 aliphatic rings. The molecule has 5 rings (SSSR count). The van der Waals surface area contributed by atoms with Gasteiger partial charge in [0.1, 0.15) is 16.9 Å². The number of benzene rings is 2. The van der Waals surface area contributed by atoms with Gasteiger partial charge in [0, 0.05) is 7.05 Å². The summed E-state index contributed by atoms with van der Waals surface area (Å²) < 4.78 is 3.55. The SMILES string of the molecule is Cc1ccccc1-n1c(Sc2ncnc3ncn(C)c23)nc2cccc(C)c2c1=O. The van der Waals surface area contributed by atoms with Gasteiger partial charge in [0.2, 0.25) is 0 Å². The van der Waals surface area contributed by atoms with Crippen LogP contribution >= 0.6 is 11.8 Å². The molecule has 0 aliphatic heterocycles. The normalized spacial score (nSPS) is 11.4. The Bertz CT molecular complexity index is 1490. The highest BCUT2D eigenvalue weighted by Crippen LogP contribution is 2.31. The summed E-state index contributed by atoms with van der Waals surface area (Å²) in [6.07, 6.45) is 3.19. The highest BCUT2D eigenvalue weighted by atomic mass is 32.2. The first-order valence-corrected chi connectivity index (χ1v) is 10.2. The van der Waals surface area contributed by atoms with Crippen LogP contribution in [0.3, 0.4) is 0 Å². The van der Waals surface area contributed by atoms with Gasteiger partial charge in [-0.1, -0.05) is 30.3 Å². The predicted octanol–water partition coefficient (Wildman–Crippen LogP) is 3.83. The second kappa shape index (κ2) is 7.07. The third kappa shape index (κ3) is 2.88. The molecule has 0 N–H and O–H groups in total. The van der Waals surface area contributed by atoms with E-state index in [0.717, 1.165) is 22.3 Å². The zero-order chi connectivity index (χ0) is 20.8. The molecule has 0 aliphatic carbocycles. The maximum absolute atomic E-state index is 13.7. The maximum Gasteiger partial charge on any atom is 0.266 e. The number of nitrogens with zero attached hydrogens (tertiary/aromatic N) is 6. The topological polar surface area (TPSA) is 78.5 Å². The van der Waals surface area contributed by atoms with E-state index in [1.54, 1.807) is 10.9 Å². The highest BCUT2D eigenvalue weighted by molar-refractivity contribution is 7.99. The van der Waals surface area contributed by atoms with Crippen LogP contribution in [0.5, 0.6) is 0 Å². The summed E-state index contributed by atoms with van der Waals surface area (Å²) in [5, 5.41) is 1.87. The van der Waals surface area contributed by atoms with Crippen molar-refractivity contribution in [2.45, 2.75) is 24.0 Å². The number of imidazole rings is 1. The van der Waals surface area contributed by atoms with Gasteiger partial charge in [-0.25, -0.2) is 19.9 Å². The largest absolute Gasteiger partial charge is 0.330 e. The van der Waals surface area contributed by atoms with E-state index in [-0.39, 0.29) is 5.56 Å². The van der Waals surface area contributed by atoms with Crippen LogP contribution in [0.1, 0.15) is 11.1 Å². The summed E-state index contributed by atoms with van der Waals surface area (Å²) >= 11 is 1.34. The quantitative estimate of drug-likeness (QED) is 0.330. The second-order valence-corrected chi connectivity index (χ2v) is 8.06. The Hall–Kier alpha value is -3.52. The number of fused-ring (bicyclic) bond motifs is 2. The van der Waals surface area contributed by atoms with Crippen molar-refractivity contribution in [1.82, 2.24) is 29.1 Å². The molecule has 5 aromatic rings. The van der Waals surface area contributed by atoms with Gasteiger partial charge in [-0.2, -0.15) is 0 Å². The van der Waals surface area contributed by atoms with E-state index < -0.39 is 0 Å². The average Bonchev–Trinajstić information content (AvgIpc) is 3.11. The molecular formula is C22H18N6OS. The lowest BCUT2D eigenvalue weighted by Gasteiger charge is -2.15. The van der Waals surface area contributed by atoms with Crippen molar-refractivity contribution in [1.29, 1.82) is 0 Å². The van der Waals surface area contributed by atoms with Crippen molar-refractivity contribution >= 4 is 33.8 Å². The summed E-state index contributed by atoms with van der Waals surface area (Å²) in [6.45, 7) is 3.92. The smallest absolute Gasteiger partial charge is 0.266 e. The van der Waals surface area contributed by atoms with Crippen LogP contribution in [0.15, 0.2) is 70.1 Å². The van der Waals surface area contributed by atoms with Crippen LogP contribution in [0.2, 0.25) is 0 Å². The van der Waals surface area contributed by atoms with E-state index in [9.17, 15) is 4.79 Å². The van der Waals surface area contributed by atoms with Gasteiger partial charge in [-0.3, -0.25) is 9.36 Å². The zero-order valence-electron chi connectivity index (χ0n) is 16.7. The lowest BCUT2D eigenvalue weighted by Crippen LogP contribution is -2.23. The molecule has 0 atom stereocenters. The Morgan fingerprint density at radius 3 is 2.57 bits per heavy atom. The first-order valence-electron chi connectivity index (χ1n) is 9.43. The van der Waals surface area contributed by atoms with Gasteiger partial charge in [-0.05, 0) is 48.9 Å². The minimum Gasteiger partial charge on any atom is -0.330 e. The third-order valence-corrected chi connectivity index (χ3v) is 6.04. The molecule has 7 nitrogen and oxygen atoms in total. The van der Waals surface area contributed by atoms with E-state index >= 15 is 0 Å². The number of aryl methyl sites for hydroxylation is 3. The number of aromatic nitrogens is 6. The van der Waals surface area contributed by atoms with E-state index in [2.05, 4.69) is 15.0 Å². The van der Waals surface area contributed by atoms with Crippen molar-refractivity contribution in [2.24, 2.45) is 7.05 Å². The lowest BCUT2D eigenvalue weighted by atomic mass is 10.1. The number of rotatable bonds is 3. The zero-order valence-corrected chi connectivity index (χ0v) is 17.5. The summed E-state index contributed by atoms with van der Waals surface area (Å²) in [6, 6.07) is 13.5. The van der Waals surface area contributed by atoms with Crippen molar-refractivity contribution in [3.63, 3.8) is 0 Å². The maximum atomic E-state index is 13.7. The average molecular weight is 414 g/mol. The number of hydrogen-bond acceptors (Lipinski definition) is 6. The molecule has 3 heterocycles. The van der Waals surface area contributed by atoms with E-state index in [1.165, 1.54) is 18.1 Å². The third-order valence-electron chi connectivity index (χ3n) is 5.09.